The maximum atomic E-state index is 13.3. The maximum absolute atomic E-state index is 13.3. The second-order valence-corrected chi connectivity index (χ2v) is 9.15. The third-order valence-electron chi connectivity index (χ3n) is 4.91. The van der Waals surface area contributed by atoms with Crippen LogP contribution in [0.25, 0.3) is 0 Å². The van der Waals surface area contributed by atoms with E-state index < -0.39 is 22.1 Å². The highest BCUT2D eigenvalue weighted by molar-refractivity contribution is 7.89. The molecule has 0 amide bonds. The van der Waals surface area contributed by atoms with Gasteiger partial charge in [0.15, 0.2) is 5.82 Å². The first-order valence-corrected chi connectivity index (χ1v) is 11.2. The van der Waals surface area contributed by atoms with E-state index in [1.165, 1.54) is 16.4 Å². The van der Waals surface area contributed by atoms with Gasteiger partial charge < -0.3 is 14.2 Å². The molecular formula is C20H18F4N4O4S. The van der Waals surface area contributed by atoms with E-state index in [-0.39, 0.29) is 49.3 Å². The number of hydrogen-bond donors (Lipinski definition) is 0. The minimum atomic E-state index is -4.86. The molecule has 13 heteroatoms. The Balaban J connectivity index is 1.37. The summed E-state index contributed by atoms with van der Waals surface area (Å²) in [7, 11) is -3.90. The molecule has 1 aromatic heterocycles. The van der Waals surface area contributed by atoms with Crippen molar-refractivity contribution in [3.63, 3.8) is 0 Å². The molecule has 0 aliphatic carbocycles. The molecule has 176 valence electrons. The zero-order chi connectivity index (χ0) is 23.6. The van der Waals surface area contributed by atoms with Crippen LogP contribution in [0.4, 0.5) is 23.6 Å². The second kappa shape index (κ2) is 8.98. The summed E-state index contributed by atoms with van der Waals surface area (Å²) in [5, 5.41) is 3.89. The van der Waals surface area contributed by atoms with Crippen molar-refractivity contribution < 1.29 is 35.2 Å². The van der Waals surface area contributed by atoms with Crippen molar-refractivity contribution in [3.8, 4) is 5.75 Å². The zero-order valence-electron chi connectivity index (χ0n) is 17.0. The molecule has 0 unspecified atom stereocenters. The molecule has 1 aliphatic rings. The number of aromatic nitrogens is 2. The molecule has 0 saturated carbocycles. The lowest BCUT2D eigenvalue weighted by Crippen LogP contribution is -2.48. The Kier molecular flexibility index (Phi) is 6.26. The summed E-state index contributed by atoms with van der Waals surface area (Å²) in [5.41, 5.74) is 0.685. The van der Waals surface area contributed by atoms with Gasteiger partial charge in [-0.05, 0) is 42.0 Å². The van der Waals surface area contributed by atoms with Gasteiger partial charge in [-0.2, -0.15) is 9.29 Å². The number of hydrogen-bond acceptors (Lipinski definition) is 7. The van der Waals surface area contributed by atoms with E-state index in [2.05, 4.69) is 14.9 Å². The summed E-state index contributed by atoms with van der Waals surface area (Å²) in [6.45, 7) is 0.779. The van der Waals surface area contributed by atoms with E-state index in [1.807, 2.05) is 0 Å². The number of ether oxygens (including phenoxy) is 1. The lowest BCUT2D eigenvalue weighted by atomic mass is 10.1. The van der Waals surface area contributed by atoms with Crippen LogP contribution in [0.3, 0.4) is 0 Å². The van der Waals surface area contributed by atoms with Crippen LogP contribution in [0.2, 0.25) is 0 Å². The summed E-state index contributed by atoms with van der Waals surface area (Å²) in [5.74, 6) is -0.500. The molecule has 0 atom stereocenters. The molecule has 2 heterocycles. The van der Waals surface area contributed by atoms with E-state index in [4.69, 9.17) is 4.52 Å². The number of sulfonamides is 1. The van der Waals surface area contributed by atoms with Crippen LogP contribution in [0.15, 0.2) is 57.9 Å². The summed E-state index contributed by atoms with van der Waals surface area (Å²) >= 11 is 0. The molecule has 1 saturated heterocycles. The molecule has 2 aromatic carbocycles. The Hall–Kier alpha value is -3.19. The van der Waals surface area contributed by atoms with Crippen LogP contribution in [-0.2, 0) is 16.4 Å². The maximum Gasteiger partial charge on any atom is 0.573 e. The summed E-state index contributed by atoms with van der Waals surface area (Å²) in [6.07, 6.45) is -4.58. The SMILES string of the molecule is O=S(=O)(c1ccc(OC(F)(F)F)cc1)N1CCN(c2nc(Cc3cccc(F)c3)no2)CC1. The average molecular weight is 486 g/mol. The molecule has 0 bridgehead atoms. The largest absolute Gasteiger partial charge is 0.573 e. The third-order valence-corrected chi connectivity index (χ3v) is 6.83. The Morgan fingerprint density at radius 2 is 1.73 bits per heavy atom. The fourth-order valence-corrected chi connectivity index (χ4v) is 4.78. The van der Waals surface area contributed by atoms with E-state index in [0.29, 0.717) is 11.4 Å². The molecule has 33 heavy (non-hydrogen) atoms. The fraction of sp³-hybridized carbons (Fsp3) is 0.300. The number of nitrogens with zero attached hydrogens (tertiary/aromatic N) is 4. The van der Waals surface area contributed by atoms with Gasteiger partial charge in [-0.15, -0.1) is 13.2 Å². The molecule has 0 radical (unpaired) electrons. The molecule has 4 rings (SSSR count). The van der Waals surface area contributed by atoms with Gasteiger partial charge in [0.1, 0.15) is 11.6 Å². The van der Waals surface area contributed by atoms with Gasteiger partial charge >= 0.3 is 12.4 Å². The molecule has 3 aromatic rings. The first-order chi connectivity index (χ1) is 15.6. The van der Waals surface area contributed by atoms with E-state index >= 15 is 0 Å². The van der Waals surface area contributed by atoms with Crippen LogP contribution in [0, 0.1) is 5.82 Å². The predicted molar refractivity (Wildman–Crippen MR) is 108 cm³/mol. The van der Waals surface area contributed by atoms with Crippen LogP contribution < -0.4 is 9.64 Å². The fourth-order valence-electron chi connectivity index (χ4n) is 3.36. The lowest BCUT2D eigenvalue weighted by molar-refractivity contribution is -0.274. The Morgan fingerprint density at radius 3 is 2.36 bits per heavy atom. The van der Waals surface area contributed by atoms with Gasteiger partial charge in [0.2, 0.25) is 10.0 Å². The van der Waals surface area contributed by atoms with Gasteiger partial charge in [-0.3, -0.25) is 0 Å². The molecule has 1 aliphatic heterocycles. The first kappa shape index (κ1) is 23.0. The number of benzene rings is 2. The normalized spacial score (nSPS) is 15.6. The van der Waals surface area contributed by atoms with E-state index in [9.17, 15) is 26.0 Å². The smallest absolute Gasteiger partial charge is 0.406 e. The first-order valence-electron chi connectivity index (χ1n) is 9.78. The van der Waals surface area contributed by atoms with Gasteiger partial charge in [-0.1, -0.05) is 17.3 Å². The van der Waals surface area contributed by atoms with Crippen LogP contribution in [0.5, 0.6) is 5.75 Å². The van der Waals surface area contributed by atoms with Crippen molar-refractivity contribution in [3.05, 3.63) is 65.7 Å². The number of halogens is 4. The minimum absolute atomic E-state index is 0.116. The predicted octanol–water partition coefficient (Wildman–Crippen LogP) is 3.21. The van der Waals surface area contributed by atoms with Gasteiger partial charge in [-0.25, -0.2) is 12.8 Å². The molecular weight excluding hydrogens is 468 g/mol. The van der Waals surface area contributed by atoms with Crippen LogP contribution in [0.1, 0.15) is 11.4 Å². The van der Waals surface area contributed by atoms with E-state index in [1.54, 1.807) is 17.0 Å². The minimum Gasteiger partial charge on any atom is -0.406 e. The monoisotopic (exact) mass is 486 g/mol. The van der Waals surface area contributed by atoms with Crippen molar-refractivity contribution in [1.29, 1.82) is 0 Å². The molecule has 0 N–H and O–H groups in total. The van der Waals surface area contributed by atoms with Crippen molar-refractivity contribution in [2.24, 2.45) is 0 Å². The highest BCUT2D eigenvalue weighted by Crippen LogP contribution is 2.26. The van der Waals surface area contributed by atoms with E-state index in [0.717, 1.165) is 24.3 Å². The summed E-state index contributed by atoms with van der Waals surface area (Å²) in [4.78, 5) is 5.89. The van der Waals surface area contributed by atoms with Crippen molar-refractivity contribution in [2.75, 3.05) is 31.1 Å². The van der Waals surface area contributed by atoms with Gasteiger partial charge in [0.05, 0.1) is 4.90 Å². The molecule has 0 spiro atoms. The molecule has 8 nitrogen and oxygen atoms in total. The highest BCUT2D eigenvalue weighted by Gasteiger charge is 2.32. The van der Waals surface area contributed by atoms with Gasteiger partial charge in [0.25, 0.3) is 0 Å². The highest BCUT2D eigenvalue weighted by atomic mass is 32.2. The van der Waals surface area contributed by atoms with Crippen molar-refractivity contribution in [1.82, 2.24) is 14.4 Å². The Morgan fingerprint density at radius 1 is 1.03 bits per heavy atom. The van der Waals surface area contributed by atoms with Crippen LogP contribution >= 0.6 is 0 Å². The van der Waals surface area contributed by atoms with Crippen molar-refractivity contribution in [2.45, 2.75) is 17.7 Å². The summed E-state index contributed by atoms with van der Waals surface area (Å²) < 4.78 is 86.1. The standard InChI is InChI=1S/C20H18F4N4O4S/c21-15-3-1-2-14(12-15)13-18-25-19(32-26-18)27-8-10-28(11-9-27)33(29,30)17-6-4-16(5-7-17)31-20(22,23)24/h1-7,12H,8-11,13H2. The Bertz CT molecular complexity index is 1210. The quantitative estimate of drug-likeness (QED) is 0.495. The molecule has 1 fully saturated rings. The Labute approximate surface area is 186 Å². The van der Waals surface area contributed by atoms with Crippen molar-refractivity contribution >= 4 is 16.0 Å². The third kappa shape index (κ3) is 5.60. The summed E-state index contributed by atoms with van der Waals surface area (Å²) in [6, 6.07) is 10.3. The second-order valence-electron chi connectivity index (χ2n) is 7.21. The number of alkyl halides is 3. The number of piperazine rings is 1. The topological polar surface area (TPSA) is 88.8 Å². The zero-order valence-corrected chi connectivity index (χ0v) is 17.8. The average Bonchev–Trinajstić information content (AvgIpc) is 3.21. The lowest BCUT2D eigenvalue weighted by Gasteiger charge is -2.32. The van der Waals surface area contributed by atoms with Gasteiger partial charge in [0, 0.05) is 32.6 Å². The number of rotatable bonds is 6. The number of anilines is 1. The van der Waals surface area contributed by atoms with Crippen LogP contribution in [-0.4, -0.2) is 55.4 Å².